The van der Waals surface area contributed by atoms with Gasteiger partial charge in [0.1, 0.15) is 5.75 Å². The zero-order valence-electron chi connectivity index (χ0n) is 17.2. The molecule has 1 aliphatic rings. The molecule has 28 heavy (non-hydrogen) atoms. The number of aryl methyl sites for hydroxylation is 2. The number of nitrogens with one attached hydrogen (secondary N) is 1. The summed E-state index contributed by atoms with van der Waals surface area (Å²) >= 11 is 0. The van der Waals surface area contributed by atoms with Crippen molar-refractivity contribution in [2.24, 2.45) is 0 Å². The normalized spacial score (nSPS) is 14.1. The summed E-state index contributed by atoms with van der Waals surface area (Å²) in [5.74, 6) is 1.04. The van der Waals surface area contributed by atoms with Crippen molar-refractivity contribution >= 4 is 17.3 Å². The lowest BCUT2D eigenvalue weighted by molar-refractivity contribution is -0.129. The van der Waals surface area contributed by atoms with Crippen LogP contribution in [0.5, 0.6) is 5.75 Å². The topological polar surface area (TPSA) is 44.8 Å². The number of methoxy groups -OCH3 is 1. The van der Waals surface area contributed by atoms with E-state index in [0.29, 0.717) is 6.54 Å². The fraction of sp³-hybridized carbons (Fsp3) is 0.435. The van der Waals surface area contributed by atoms with Crippen molar-refractivity contribution in [2.45, 2.75) is 26.7 Å². The van der Waals surface area contributed by atoms with E-state index < -0.39 is 0 Å². The van der Waals surface area contributed by atoms with Crippen LogP contribution >= 0.6 is 0 Å². The Morgan fingerprint density at radius 1 is 0.964 bits per heavy atom. The molecule has 2 aromatic rings. The second-order valence-corrected chi connectivity index (χ2v) is 7.05. The van der Waals surface area contributed by atoms with Crippen molar-refractivity contribution in [3.63, 3.8) is 0 Å². The number of piperazine rings is 1. The molecule has 1 saturated heterocycles. The second kappa shape index (κ2) is 9.49. The molecule has 5 nitrogen and oxygen atoms in total. The van der Waals surface area contributed by atoms with Crippen LogP contribution in [0, 0.1) is 0 Å². The molecule has 1 aliphatic heterocycles. The van der Waals surface area contributed by atoms with E-state index in [2.05, 4.69) is 48.3 Å². The van der Waals surface area contributed by atoms with Gasteiger partial charge >= 0.3 is 0 Å². The lowest BCUT2D eigenvalue weighted by atomic mass is 10.0. The highest BCUT2D eigenvalue weighted by molar-refractivity contribution is 5.82. The molecule has 0 bridgehead atoms. The van der Waals surface area contributed by atoms with E-state index in [0.717, 1.165) is 56.1 Å². The lowest BCUT2D eigenvalue weighted by Crippen LogP contribution is -2.50. The third kappa shape index (κ3) is 4.41. The van der Waals surface area contributed by atoms with Crippen LogP contribution in [0.4, 0.5) is 11.4 Å². The van der Waals surface area contributed by atoms with Gasteiger partial charge in [-0.1, -0.05) is 44.2 Å². The molecule has 1 N–H and O–H groups in total. The summed E-state index contributed by atoms with van der Waals surface area (Å²) in [7, 11) is 1.70. The van der Waals surface area contributed by atoms with Crippen molar-refractivity contribution < 1.29 is 9.53 Å². The van der Waals surface area contributed by atoms with Crippen LogP contribution in [0.3, 0.4) is 0 Å². The third-order valence-electron chi connectivity index (χ3n) is 5.47. The quantitative estimate of drug-likeness (QED) is 0.796. The van der Waals surface area contributed by atoms with Crippen LogP contribution in [0.1, 0.15) is 25.0 Å². The number of para-hydroxylation sites is 3. The number of benzene rings is 2. The maximum absolute atomic E-state index is 12.8. The number of anilines is 2. The van der Waals surface area contributed by atoms with E-state index in [9.17, 15) is 4.79 Å². The van der Waals surface area contributed by atoms with Crippen LogP contribution in [0.2, 0.25) is 0 Å². The molecular formula is C23H31N3O2. The van der Waals surface area contributed by atoms with Gasteiger partial charge in [-0.25, -0.2) is 0 Å². The summed E-state index contributed by atoms with van der Waals surface area (Å²) in [6, 6.07) is 14.4. The fourth-order valence-electron chi connectivity index (χ4n) is 3.83. The first-order valence-electron chi connectivity index (χ1n) is 10.2. The second-order valence-electron chi connectivity index (χ2n) is 7.05. The molecule has 0 unspecified atom stereocenters. The highest BCUT2D eigenvalue weighted by atomic mass is 16.5. The van der Waals surface area contributed by atoms with Gasteiger partial charge in [0.15, 0.2) is 0 Å². The fourth-order valence-corrected chi connectivity index (χ4v) is 3.83. The minimum Gasteiger partial charge on any atom is -0.495 e. The molecule has 150 valence electrons. The van der Waals surface area contributed by atoms with E-state index in [1.165, 1.54) is 11.1 Å². The van der Waals surface area contributed by atoms with Gasteiger partial charge in [-0.15, -0.1) is 0 Å². The number of nitrogens with zero attached hydrogens (tertiary/aromatic N) is 2. The molecule has 0 aliphatic carbocycles. The molecule has 0 saturated carbocycles. The molecule has 0 atom stereocenters. The summed E-state index contributed by atoms with van der Waals surface area (Å²) < 4.78 is 5.47. The summed E-state index contributed by atoms with van der Waals surface area (Å²) in [5, 5.41) is 3.42. The number of carbonyl (C=O) groups excluding carboxylic acids is 1. The molecule has 0 aromatic heterocycles. The van der Waals surface area contributed by atoms with Crippen LogP contribution < -0.4 is 15.0 Å². The first-order valence-corrected chi connectivity index (χ1v) is 10.2. The van der Waals surface area contributed by atoms with Gasteiger partial charge in [-0.05, 0) is 36.1 Å². The predicted octanol–water partition coefficient (Wildman–Crippen LogP) is 3.58. The number of hydrogen-bond donors (Lipinski definition) is 1. The monoisotopic (exact) mass is 381 g/mol. The molecule has 3 rings (SSSR count). The van der Waals surface area contributed by atoms with Gasteiger partial charge in [0.2, 0.25) is 5.91 Å². The van der Waals surface area contributed by atoms with Gasteiger partial charge in [-0.2, -0.15) is 0 Å². The molecular weight excluding hydrogens is 350 g/mol. The smallest absolute Gasteiger partial charge is 0.241 e. The molecule has 5 heteroatoms. The van der Waals surface area contributed by atoms with E-state index in [1.807, 2.05) is 23.1 Å². The Morgan fingerprint density at radius 3 is 2.21 bits per heavy atom. The Kier molecular flexibility index (Phi) is 6.80. The highest BCUT2D eigenvalue weighted by Crippen LogP contribution is 2.28. The third-order valence-corrected chi connectivity index (χ3v) is 5.47. The van der Waals surface area contributed by atoms with Crippen LogP contribution in [0.25, 0.3) is 0 Å². The maximum Gasteiger partial charge on any atom is 0.241 e. The Hall–Kier alpha value is -2.69. The lowest BCUT2D eigenvalue weighted by Gasteiger charge is -2.36. The van der Waals surface area contributed by atoms with Gasteiger partial charge in [0, 0.05) is 31.9 Å². The largest absolute Gasteiger partial charge is 0.495 e. The molecule has 0 radical (unpaired) electrons. The van der Waals surface area contributed by atoms with Gasteiger partial charge in [0.25, 0.3) is 0 Å². The Bertz CT molecular complexity index is 776. The zero-order chi connectivity index (χ0) is 19.9. The Labute approximate surface area is 168 Å². The molecule has 2 aromatic carbocycles. The van der Waals surface area contributed by atoms with Crippen molar-refractivity contribution in [1.29, 1.82) is 0 Å². The Morgan fingerprint density at radius 2 is 1.61 bits per heavy atom. The van der Waals surface area contributed by atoms with Crippen LogP contribution in [-0.2, 0) is 17.6 Å². The number of ether oxygens (including phenoxy) is 1. The molecule has 0 spiro atoms. The average molecular weight is 382 g/mol. The number of carbonyl (C=O) groups is 1. The minimum absolute atomic E-state index is 0.160. The van der Waals surface area contributed by atoms with Gasteiger partial charge < -0.3 is 19.9 Å². The van der Waals surface area contributed by atoms with E-state index in [-0.39, 0.29) is 5.91 Å². The first kappa shape index (κ1) is 20.1. The summed E-state index contributed by atoms with van der Waals surface area (Å²) in [4.78, 5) is 17.0. The summed E-state index contributed by atoms with van der Waals surface area (Å²) in [5.41, 5.74) is 4.77. The van der Waals surface area contributed by atoms with Crippen molar-refractivity contribution in [2.75, 3.05) is 50.1 Å². The van der Waals surface area contributed by atoms with Crippen molar-refractivity contribution in [3.8, 4) is 5.75 Å². The van der Waals surface area contributed by atoms with Crippen molar-refractivity contribution in [3.05, 3.63) is 53.6 Å². The highest BCUT2D eigenvalue weighted by Gasteiger charge is 2.23. The van der Waals surface area contributed by atoms with E-state index >= 15 is 0 Å². The number of amides is 1. The minimum atomic E-state index is 0.160. The number of hydrogen-bond acceptors (Lipinski definition) is 4. The summed E-state index contributed by atoms with van der Waals surface area (Å²) in [6.45, 7) is 7.75. The van der Waals surface area contributed by atoms with E-state index in [4.69, 9.17) is 4.74 Å². The average Bonchev–Trinajstić information content (AvgIpc) is 2.77. The molecule has 1 heterocycles. The maximum atomic E-state index is 12.8. The number of rotatable bonds is 7. The molecule has 1 amide bonds. The zero-order valence-corrected chi connectivity index (χ0v) is 17.2. The predicted molar refractivity (Wildman–Crippen MR) is 115 cm³/mol. The van der Waals surface area contributed by atoms with Crippen LogP contribution in [0.15, 0.2) is 42.5 Å². The SMILES string of the molecule is CCc1cccc(CC)c1NCC(=O)N1CCN(c2ccccc2OC)CC1. The summed E-state index contributed by atoms with van der Waals surface area (Å²) in [6.07, 6.45) is 1.92. The van der Waals surface area contributed by atoms with Gasteiger partial charge in [-0.3, -0.25) is 4.79 Å². The first-order chi connectivity index (χ1) is 13.7. The Balaban J connectivity index is 1.58. The standard InChI is InChI=1S/C23H31N3O2/c1-4-18-9-8-10-19(5-2)23(18)24-17-22(27)26-15-13-25(14-16-26)20-11-6-7-12-21(20)28-3/h6-12,24H,4-5,13-17H2,1-3H3. The van der Waals surface area contributed by atoms with E-state index in [1.54, 1.807) is 7.11 Å². The van der Waals surface area contributed by atoms with Crippen molar-refractivity contribution in [1.82, 2.24) is 4.90 Å². The van der Waals surface area contributed by atoms with Gasteiger partial charge in [0.05, 0.1) is 19.3 Å². The molecule has 1 fully saturated rings. The van der Waals surface area contributed by atoms with Crippen LogP contribution in [-0.4, -0.2) is 50.6 Å².